The monoisotopic (exact) mass is 369 g/mol. The Hall–Kier alpha value is -2.54. The molecule has 0 saturated carbocycles. The molecule has 3 rings (SSSR count). The Labute approximate surface area is 157 Å². The maximum Gasteiger partial charge on any atom is 0.269 e. The zero-order valence-corrected chi connectivity index (χ0v) is 16.2. The highest BCUT2D eigenvalue weighted by atomic mass is 32.1. The third kappa shape index (κ3) is 3.99. The number of nitrogens with one attached hydrogen (secondary N) is 1. The minimum atomic E-state index is -0.109. The first-order valence-electron chi connectivity index (χ1n) is 8.64. The fourth-order valence-corrected chi connectivity index (χ4v) is 3.52. The number of carbonyl (C=O) groups is 1. The summed E-state index contributed by atoms with van der Waals surface area (Å²) in [4.78, 5) is 22.2. The summed E-state index contributed by atoms with van der Waals surface area (Å²) in [7, 11) is 1.80. The van der Waals surface area contributed by atoms with Crippen molar-refractivity contribution in [2.24, 2.45) is 7.05 Å². The highest BCUT2D eigenvalue weighted by Crippen LogP contribution is 2.29. The molecular formula is C19H23N5OS. The van der Waals surface area contributed by atoms with E-state index in [1.54, 1.807) is 29.3 Å². The SMILES string of the molecule is CC(C)c1cc(C(=O)NCC(C)c2ncc(-c3cccnc3)s2)n(C)n1. The maximum absolute atomic E-state index is 12.5. The molecule has 1 atom stereocenters. The van der Waals surface area contributed by atoms with Gasteiger partial charge in [-0.1, -0.05) is 26.8 Å². The lowest BCUT2D eigenvalue weighted by Crippen LogP contribution is -2.29. The standard InChI is InChI=1S/C19H23N5OS/c1-12(2)15-8-16(24(4)23-15)18(25)21-9-13(3)19-22-11-17(26-19)14-6-5-7-20-10-14/h5-8,10-13H,9H2,1-4H3,(H,21,25). The largest absolute Gasteiger partial charge is 0.350 e. The summed E-state index contributed by atoms with van der Waals surface area (Å²) < 4.78 is 1.64. The number of rotatable bonds is 6. The average Bonchev–Trinajstić information content (AvgIpc) is 3.27. The van der Waals surface area contributed by atoms with Crippen LogP contribution in [0.1, 0.15) is 53.8 Å². The van der Waals surface area contributed by atoms with Crippen LogP contribution in [-0.4, -0.2) is 32.2 Å². The Morgan fingerprint density at radius 2 is 2.12 bits per heavy atom. The first-order valence-corrected chi connectivity index (χ1v) is 9.45. The second-order valence-corrected chi connectivity index (χ2v) is 7.71. The van der Waals surface area contributed by atoms with Crippen molar-refractivity contribution in [1.82, 2.24) is 25.1 Å². The van der Waals surface area contributed by atoms with Gasteiger partial charge < -0.3 is 5.32 Å². The smallest absolute Gasteiger partial charge is 0.269 e. The number of aryl methyl sites for hydroxylation is 1. The molecule has 26 heavy (non-hydrogen) atoms. The van der Waals surface area contributed by atoms with Crippen LogP contribution in [0.3, 0.4) is 0 Å². The molecule has 1 N–H and O–H groups in total. The maximum atomic E-state index is 12.5. The molecule has 0 radical (unpaired) electrons. The molecule has 3 aromatic rings. The molecule has 3 heterocycles. The second kappa shape index (κ2) is 7.78. The molecule has 1 unspecified atom stereocenters. The van der Waals surface area contributed by atoms with Gasteiger partial charge >= 0.3 is 0 Å². The van der Waals surface area contributed by atoms with E-state index in [1.807, 2.05) is 30.6 Å². The lowest BCUT2D eigenvalue weighted by atomic mass is 10.1. The van der Waals surface area contributed by atoms with Crippen LogP contribution in [0.15, 0.2) is 36.8 Å². The fourth-order valence-electron chi connectivity index (χ4n) is 2.57. The summed E-state index contributed by atoms with van der Waals surface area (Å²) in [5.74, 6) is 0.317. The highest BCUT2D eigenvalue weighted by molar-refractivity contribution is 7.15. The second-order valence-electron chi connectivity index (χ2n) is 6.65. The van der Waals surface area contributed by atoms with Gasteiger partial charge in [-0.2, -0.15) is 5.10 Å². The van der Waals surface area contributed by atoms with Gasteiger partial charge in [0.1, 0.15) is 5.69 Å². The summed E-state index contributed by atoms with van der Waals surface area (Å²) in [5, 5.41) is 8.38. The number of carbonyl (C=O) groups excluding carboxylic acids is 1. The van der Waals surface area contributed by atoms with E-state index in [9.17, 15) is 4.79 Å². The van der Waals surface area contributed by atoms with Crippen molar-refractivity contribution >= 4 is 17.2 Å². The van der Waals surface area contributed by atoms with Crippen molar-refractivity contribution in [2.45, 2.75) is 32.6 Å². The van der Waals surface area contributed by atoms with Crippen molar-refractivity contribution in [3.05, 3.63) is 53.2 Å². The normalized spacial score (nSPS) is 12.3. The molecule has 0 saturated heterocycles. The third-order valence-corrected chi connectivity index (χ3v) is 5.46. The van der Waals surface area contributed by atoms with Gasteiger partial charge in [-0.25, -0.2) is 4.98 Å². The van der Waals surface area contributed by atoms with Crippen LogP contribution < -0.4 is 5.32 Å². The molecule has 0 bridgehead atoms. The molecule has 0 aromatic carbocycles. The van der Waals surface area contributed by atoms with Crippen molar-refractivity contribution < 1.29 is 4.79 Å². The van der Waals surface area contributed by atoms with Crippen molar-refractivity contribution in [1.29, 1.82) is 0 Å². The number of aromatic nitrogens is 4. The zero-order valence-electron chi connectivity index (χ0n) is 15.4. The summed E-state index contributed by atoms with van der Waals surface area (Å²) in [6.45, 7) is 6.72. The van der Waals surface area contributed by atoms with Gasteiger partial charge in [-0.3, -0.25) is 14.5 Å². The molecule has 0 spiro atoms. The summed E-state index contributed by atoms with van der Waals surface area (Å²) >= 11 is 1.63. The number of thiazole rings is 1. The predicted molar refractivity (Wildman–Crippen MR) is 103 cm³/mol. The molecule has 1 amide bonds. The average molecular weight is 369 g/mol. The van der Waals surface area contributed by atoms with E-state index in [0.29, 0.717) is 18.2 Å². The predicted octanol–water partition coefficient (Wildman–Crippen LogP) is 3.60. The van der Waals surface area contributed by atoms with E-state index in [-0.39, 0.29) is 11.8 Å². The van der Waals surface area contributed by atoms with Crippen LogP contribution in [0.2, 0.25) is 0 Å². The Balaban J connectivity index is 1.63. The molecule has 7 heteroatoms. The molecule has 0 aliphatic carbocycles. The first-order chi connectivity index (χ1) is 12.5. The Bertz CT molecular complexity index is 884. The number of hydrogen-bond donors (Lipinski definition) is 1. The van der Waals surface area contributed by atoms with Gasteiger partial charge in [0.15, 0.2) is 0 Å². The van der Waals surface area contributed by atoms with E-state index in [0.717, 1.165) is 21.1 Å². The van der Waals surface area contributed by atoms with Gasteiger partial charge in [0.05, 0.1) is 15.6 Å². The number of hydrogen-bond acceptors (Lipinski definition) is 5. The Morgan fingerprint density at radius 3 is 2.77 bits per heavy atom. The number of nitrogens with zero attached hydrogens (tertiary/aromatic N) is 4. The van der Waals surface area contributed by atoms with Gasteiger partial charge in [0.25, 0.3) is 5.91 Å². The van der Waals surface area contributed by atoms with Gasteiger partial charge in [-0.05, 0) is 18.1 Å². The minimum Gasteiger partial charge on any atom is -0.350 e. The third-order valence-electron chi connectivity index (χ3n) is 4.18. The van der Waals surface area contributed by atoms with Crippen LogP contribution in [0, 0.1) is 0 Å². The van der Waals surface area contributed by atoms with E-state index in [2.05, 4.69) is 41.2 Å². The molecule has 136 valence electrons. The summed E-state index contributed by atoms with van der Waals surface area (Å²) in [6.07, 6.45) is 5.45. The lowest BCUT2D eigenvalue weighted by molar-refractivity contribution is 0.0942. The topological polar surface area (TPSA) is 72.7 Å². The van der Waals surface area contributed by atoms with Crippen molar-refractivity contribution in [2.75, 3.05) is 6.54 Å². The van der Waals surface area contributed by atoms with Gasteiger partial charge in [-0.15, -0.1) is 11.3 Å². The molecule has 6 nitrogen and oxygen atoms in total. The molecule has 0 aliphatic heterocycles. The minimum absolute atomic E-state index is 0.109. The summed E-state index contributed by atoms with van der Waals surface area (Å²) in [5.41, 5.74) is 2.56. The van der Waals surface area contributed by atoms with Crippen molar-refractivity contribution in [3.8, 4) is 10.4 Å². The molecule has 0 fully saturated rings. The van der Waals surface area contributed by atoms with Crippen LogP contribution in [0.5, 0.6) is 0 Å². The fraction of sp³-hybridized carbons (Fsp3) is 0.368. The highest BCUT2D eigenvalue weighted by Gasteiger charge is 2.17. The Kier molecular flexibility index (Phi) is 5.46. The van der Waals surface area contributed by atoms with E-state index < -0.39 is 0 Å². The van der Waals surface area contributed by atoms with Gasteiger partial charge in [0.2, 0.25) is 0 Å². The van der Waals surface area contributed by atoms with Gasteiger partial charge in [0, 0.05) is 43.7 Å². The molecular weight excluding hydrogens is 346 g/mol. The molecule has 0 aliphatic rings. The number of amides is 1. The van der Waals surface area contributed by atoms with Crippen LogP contribution in [0.4, 0.5) is 0 Å². The number of pyridine rings is 1. The first kappa shape index (κ1) is 18.3. The van der Waals surface area contributed by atoms with Crippen LogP contribution >= 0.6 is 11.3 Å². The van der Waals surface area contributed by atoms with Crippen LogP contribution in [-0.2, 0) is 7.05 Å². The lowest BCUT2D eigenvalue weighted by Gasteiger charge is -2.10. The van der Waals surface area contributed by atoms with E-state index in [1.165, 1.54) is 0 Å². The Morgan fingerprint density at radius 1 is 1.31 bits per heavy atom. The quantitative estimate of drug-likeness (QED) is 0.721. The molecule has 3 aromatic heterocycles. The van der Waals surface area contributed by atoms with E-state index >= 15 is 0 Å². The zero-order chi connectivity index (χ0) is 18.7. The van der Waals surface area contributed by atoms with Crippen LogP contribution in [0.25, 0.3) is 10.4 Å². The van der Waals surface area contributed by atoms with E-state index in [4.69, 9.17) is 0 Å². The van der Waals surface area contributed by atoms with Crippen molar-refractivity contribution in [3.63, 3.8) is 0 Å². The summed E-state index contributed by atoms with van der Waals surface area (Å²) in [6, 6.07) is 5.79.